The van der Waals surface area contributed by atoms with Crippen LogP contribution in [-0.4, -0.2) is 49.8 Å². The van der Waals surface area contributed by atoms with Gasteiger partial charge in [-0.3, -0.25) is 4.90 Å². The first-order valence-electron chi connectivity index (χ1n) is 6.46. The molecule has 0 aromatic rings. The van der Waals surface area contributed by atoms with E-state index in [1.807, 2.05) is 0 Å². The summed E-state index contributed by atoms with van der Waals surface area (Å²) in [5, 5.41) is 3.46. The van der Waals surface area contributed by atoms with Crippen LogP contribution in [0, 0.1) is 0 Å². The van der Waals surface area contributed by atoms with E-state index in [2.05, 4.69) is 17.1 Å². The molecule has 2 heterocycles. The topological polar surface area (TPSA) is 24.5 Å². The molecule has 2 atom stereocenters. The molecule has 3 nitrogen and oxygen atoms in total. The maximum atomic E-state index is 5.71. The normalized spacial score (nSPS) is 32.6. The minimum absolute atomic E-state index is 0.521. The Hall–Kier alpha value is -0.120. The van der Waals surface area contributed by atoms with Gasteiger partial charge in [-0.2, -0.15) is 0 Å². The third-order valence-corrected chi connectivity index (χ3v) is 3.59. The fourth-order valence-corrected chi connectivity index (χ4v) is 2.73. The second kappa shape index (κ2) is 5.83. The Balaban J connectivity index is 1.74. The van der Waals surface area contributed by atoms with Crippen LogP contribution < -0.4 is 5.32 Å². The van der Waals surface area contributed by atoms with Crippen molar-refractivity contribution in [3.63, 3.8) is 0 Å². The summed E-state index contributed by atoms with van der Waals surface area (Å²) >= 11 is 0. The minimum atomic E-state index is 0.521. The lowest BCUT2D eigenvalue weighted by Gasteiger charge is -2.27. The van der Waals surface area contributed by atoms with Gasteiger partial charge in [-0.15, -0.1) is 0 Å². The zero-order valence-electron chi connectivity index (χ0n) is 9.87. The molecule has 2 aliphatic rings. The number of likely N-dealkylation sites (tertiary alicyclic amines) is 1. The average Bonchev–Trinajstić information content (AvgIpc) is 2.87. The SMILES string of the molecule is CCNCC1CCCN1CC1CCCO1. The van der Waals surface area contributed by atoms with E-state index in [9.17, 15) is 0 Å². The predicted octanol–water partition coefficient (Wildman–Crippen LogP) is 1.24. The van der Waals surface area contributed by atoms with E-state index in [1.165, 1.54) is 32.2 Å². The van der Waals surface area contributed by atoms with Crippen molar-refractivity contribution in [1.82, 2.24) is 10.2 Å². The van der Waals surface area contributed by atoms with E-state index in [-0.39, 0.29) is 0 Å². The zero-order valence-corrected chi connectivity index (χ0v) is 9.87. The fraction of sp³-hybridized carbons (Fsp3) is 1.00. The highest BCUT2D eigenvalue weighted by atomic mass is 16.5. The van der Waals surface area contributed by atoms with Crippen LogP contribution >= 0.6 is 0 Å². The average molecular weight is 212 g/mol. The van der Waals surface area contributed by atoms with Crippen molar-refractivity contribution >= 4 is 0 Å². The second-order valence-corrected chi connectivity index (χ2v) is 4.73. The molecule has 0 saturated carbocycles. The molecule has 0 amide bonds. The van der Waals surface area contributed by atoms with Crippen LogP contribution in [0.25, 0.3) is 0 Å². The van der Waals surface area contributed by atoms with Crippen molar-refractivity contribution in [2.24, 2.45) is 0 Å². The van der Waals surface area contributed by atoms with Gasteiger partial charge in [0.25, 0.3) is 0 Å². The molecule has 3 heteroatoms. The minimum Gasteiger partial charge on any atom is -0.377 e. The monoisotopic (exact) mass is 212 g/mol. The summed E-state index contributed by atoms with van der Waals surface area (Å²) in [5.74, 6) is 0. The molecule has 2 rings (SSSR count). The molecule has 1 N–H and O–H groups in total. The number of ether oxygens (including phenoxy) is 1. The third-order valence-electron chi connectivity index (χ3n) is 3.59. The maximum absolute atomic E-state index is 5.71. The Kier molecular flexibility index (Phi) is 4.42. The van der Waals surface area contributed by atoms with Gasteiger partial charge in [-0.25, -0.2) is 0 Å². The molecule has 0 aromatic heterocycles. The maximum Gasteiger partial charge on any atom is 0.0702 e. The first-order valence-corrected chi connectivity index (χ1v) is 6.46. The Morgan fingerprint density at radius 2 is 2.27 bits per heavy atom. The Morgan fingerprint density at radius 1 is 1.33 bits per heavy atom. The number of likely N-dealkylation sites (N-methyl/N-ethyl adjacent to an activating group) is 1. The molecule has 2 saturated heterocycles. The van der Waals surface area contributed by atoms with E-state index in [0.29, 0.717) is 6.10 Å². The lowest BCUT2D eigenvalue weighted by molar-refractivity contribution is 0.0689. The molecule has 2 aliphatic heterocycles. The Morgan fingerprint density at radius 3 is 3.00 bits per heavy atom. The predicted molar refractivity (Wildman–Crippen MR) is 62.1 cm³/mol. The van der Waals surface area contributed by atoms with Gasteiger partial charge >= 0.3 is 0 Å². The number of nitrogens with one attached hydrogen (secondary N) is 1. The molecule has 88 valence electrons. The molecular weight excluding hydrogens is 188 g/mol. The highest BCUT2D eigenvalue weighted by Crippen LogP contribution is 2.20. The van der Waals surface area contributed by atoms with E-state index >= 15 is 0 Å². The van der Waals surface area contributed by atoms with Crippen LogP contribution in [0.4, 0.5) is 0 Å². The molecule has 0 aromatic carbocycles. The fourth-order valence-electron chi connectivity index (χ4n) is 2.73. The quantitative estimate of drug-likeness (QED) is 0.742. The van der Waals surface area contributed by atoms with Crippen molar-refractivity contribution in [2.75, 3.05) is 32.8 Å². The van der Waals surface area contributed by atoms with Gasteiger partial charge < -0.3 is 10.1 Å². The summed E-state index contributed by atoms with van der Waals surface area (Å²) in [6.45, 7) is 7.84. The summed E-state index contributed by atoms with van der Waals surface area (Å²) < 4.78 is 5.71. The van der Waals surface area contributed by atoms with E-state index in [4.69, 9.17) is 4.74 Å². The largest absolute Gasteiger partial charge is 0.377 e. The van der Waals surface area contributed by atoms with Crippen molar-refractivity contribution in [3.05, 3.63) is 0 Å². The number of nitrogens with zero attached hydrogens (tertiary/aromatic N) is 1. The van der Waals surface area contributed by atoms with Crippen LogP contribution in [0.2, 0.25) is 0 Å². The number of hydrogen-bond acceptors (Lipinski definition) is 3. The van der Waals surface area contributed by atoms with Gasteiger partial charge in [0.2, 0.25) is 0 Å². The standard InChI is InChI=1S/C12H24N2O/c1-2-13-9-11-5-3-7-14(11)10-12-6-4-8-15-12/h11-13H,2-10H2,1H3. The zero-order chi connectivity index (χ0) is 10.5. The highest BCUT2D eigenvalue weighted by Gasteiger charge is 2.27. The van der Waals surface area contributed by atoms with Gasteiger partial charge in [-0.05, 0) is 38.8 Å². The molecule has 0 bridgehead atoms. The number of hydrogen-bond donors (Lipinski definition) is 1. The molecular formula is C12H24N2O. The van der Waals surface area contributed by atoms with Crippen molar-refractivity contribution in [2.45, 2.75) is 44.8 Å². The van der Waals surface area contributed by atoms with Crippen LogP contribution in [0.5, 0.6) is 0 Å². The molecule has 15 heavy (non-hydrogen) atoms. The molecule has 0 spiro atoms. The first kappa shape index (κ1) is 11.4. The van der Waals surface area contributed by atoms with E-state index in [0.717, 1.165) is 32.3 Å². The smallest absolute Gasteiger partial charge is 0.0702 e. The van der Waals surface area contributed by atoms with Gasteiger partial charge in [-0.1, -0.05) is 6.92 Å². The second-order valence-electron chi connectivity index (χ2n) is 4.73. The first-order chi connectivity index (χ1) is 7.40. The van der Waals surface area contributed by atoms with Crippen LogP contribution in [-0.2, 0) is 4.74 Å². The summed E-state index contributed by atoms with van der Waals surface area (Å²) in [4.78, 5) is 2.62. The van der Waals surface area contributed by atoms with Gasteiger partial charge in [0.05, 0.1) is 6.10 Å². The molecule has 2 fully saturated rings. The summed E-state index contributed by atoms with van der Waals surface area (Å²) in [6, 6.07) is 0.758. The van der Waals surface area contributed by atoms with Gasteiger partial charge in [0.15, 0.2) is 0 Å². The molecule has 0 aliphatic carbocycles. The van der Waals surface area contributed by atoms with Crippen LogP contribution in [0.15, 0.2) is 0 Å². The Bertz CT molecular complexity index is 180. The summed E-state index contributed by atoms with van der Waals surface area (Å²) in [5.41, 5.74) is 0. The van der Waals surface area contributed by atoms with Crippen LogP contribution in [0.1, 0.15) is 32.6 Å². The lowest BCUT2D eigenvalue weighted by atomic mass is 10.2. The summed E-state index contributed by atoms with van der Waals surface area (Å²) in [6.07, 6.45) is 5.77. The van der Waals surface area contributed by atoms with Crippen molar-refractivity contribution in [1.29, 1.82) is 0 Å². The van der Waals surface area contributed by atoms with Crippen molar-refractivity contribution < 1.29 is 4.74 Å². The highest BCUT2D eigenvalue weighted by molar-refractivity contribution is 4.83. The van der Waals surface area contributed by atoms with Gasteiger partial charge in [0, 0.05) is 25.7 Å². The third kappa shape index (κ3) is 3.16. The Labute approximate surface area is 93.2 Å². The van der Waals surface area contributed by atoms with E-state index in [1.54, 1.807) is 0 Å². The molecule has 0 radical (unpaired) electrons. The lowest BCUT2D eigenvalue weighted by Crippen LogP contribution is -2.41. The van der Waals surface area contributed by atoms with E-state index < -0.39 is 0 Å². The van der Waals surface area contributed by atoms with Crippen LogP contribution in [0.3, 0.4) is 0 Å². The molecule has 2 unspecified atom stereocenters. The summed E-state index contributed by atoms with van der Waals surface area (Å²) in [7, 11) is 0. The number of rotatable bonds is 5. The van der Waals surface area contributed by atoms with Gasteiger partial charge in [0.1, 0.15) is 0 Å². The van der Waals surface area contributed by atoms with Crippen molar-refractivity contribution in [3.8, 4) is 0 Å².